The smallest absolute Gasteiger partial charge is 0.322 e. The minimum Gasteiger partial charge on any atom is -0.378 e. The number of amides is 4. The second-order valence-corrected chi connectivity index (χ2v) is 9.03. The van der Waals surface area contributed by atoms with E-state index in [0.29, 0.717) is 45.3 Å². The largest absolute Gasteiger partial charge is 0.378 e. The van der Waals surface area contributed by atoms with Crippen LogP contribution in [0.2, 0.25) is 0 Å². The van der Waals surface area contributed by atoms with Crippen LogP contribution >= 0.6 is 0 Å². The zero-order valence-corrected chi connectivity index (χ0v) is 19.0. The minimum absolute atomic E-state index is 0.149. The Morgan fingerprint density at radius 1 is 1.18 bits per heavy atom. The Balaban J connectivity index is 1.46. The first-order chi connectivity index (χ1) is 16.1. The van der Waals surface area contributed by atoms with Gasteiger partial charge in [-0.2, -0.15) is 8.78 Å². The summed E-state index contributed by atoms with van der Waals surface area (Å²) in [7, 11) is 0. The fraction of sp³-hybridized carbons (Fsp3) is 0.565. The van der Waals surface area contributed by atoms with Crippen molar-refractivity contribution in [1.29, 1.82) is 5.41 Å². The maximum atomic E-state index is 13.3. The molecule has 1 saturated carbocycles. The molecule has 184 valence electrons. The SMILES string of the molecule is CC(F)(F)C(=O)NC(=N)c1ccc2c(c1)C(=O)N(C1CCCCC1NC(=O)N1CCOCC1)C2. The van der Waals surface area contributed by atoms with Gasteiger partial charge in [0.1, 0.15) is 5.84 Å². The van der Waals surface area contributed by atoms with Crippen molar-refractivity contribution in [3.05, 3.63) is 34.9 Å². The van der Waals surface area contributed by atoms with Gasteiger partial charge in [-0.1, -0.05) is 25.0 Å². The van der Waals surface area contributed by atoms with Crippen LogP contribution in [-0.2, 0) is 16.1 Å². The van der Waals surface area contributed by atoms with Crippen LogP contribution in [0.25, 0.3) is 0 Å². The molecule has 0 radical (unpaired) electrons. The molecule has 2 heterocycles. The Bertz CT molecular complexity index is 990. The Morgan fingerprint density at radius 2 is 1.88 bits per heavy atom. The number of halogens is 2. The molecule has 34 heavy (non-hydrogen) atoms. The topological polar surface area (TPSA) is 115 Å². The molecule has 0 aromatic heterocycles. The lowest BCUT2D eigenvalue weighted by atomic mass is 9.89. The van der Waals surface area contributed by atoms with Crippen molar-refractivity contribution in [2.24, 2.45) is 0 Å². The molecule has 3 aliphatic rings. The van der Waals surface area contributed by atoms with Gasteiger partial charge in [-0.15, -0.1) is 0 Å². The van der Waals surface area contributed by atoms with Gasteiger partial charge >= 0.3 is 12.0 Å². The third kappa shape index (κ3) is 5.03. The molecule has 2 atom stereocenters. The van der Waals surface area contributed by atoms with Crippen LogP contribution in [-0.4, -0.2) is 77.8 Å². The van der Waals surface area contributed by atoms with Gasteiger partial charge in [0.2, 0.25) is 0 Å². The summed E-state index contributed by atoms with van der Waals surface area (Å²) in [5.41, 5.74) is 1.31. The van der Waals surface area contributed by atoms with Gasteiger partial charge in [0.05, 0.1) is 25.3 Å². The predicted octanol–water partition coefficient (Wildman–Crippen LogP) is 2.09. The van der Waals surface area contributed by atoms with E-state index in [1.54, 1.807) is 15.9 Å². The molecule has 0 bridgehead atoms. The summed E-state index contributed by atoms with van der Waals surface area (Å²) in [6.07, 6.45) is 3.44. The maximum Gasteiger partial charge on any atom is 0.322 e. The first kappa shape index (κ1) is 24.1. The standard InChI is InChI=1S/C23H29F2N5O4/c1-23(24,25)21(32)28-19(26)14-6-7-15-13-30(20(31)16(15)12-14)18-5-3-2-4-17(18)27-22(33)29-8-10-34-11-9-29/h6-7,12,17-18H,2-5,8-11,13H2,1H3,(H,27,33)(H2,26,28,32). The number of fused-ring (bicyclic) bond motifs is 1. The van der Waals surface area contributed by atoms with Crippen molar-refractivity contribution in [3.63, 3.8) is 0 Å². The third-order valence-corrected chi connectivity index (χ3v) is 6.60. The molecular formula is C23H29F2N5O4. The van der Waals surface area contributed by atoms with Crippen LogP contribution in [0.1, 0.15) is 54.1 Å². The van der Waals surface area contributed by atoms with E-state index < -0.39 is 17.7 Å². The summed E-state index contributed by atoms with van der Waals surface area (Å²) in [5, 5.41) is 13.0. The van der Waals surface area contributed by atoms with Crippen LogP contribution < -0.4 is 10.6 Å². The molecule has 2 aliphatic heterocycles. The molecule has 4 rings (SSSR count). The number of ether oxygens (including phenoxy) is 1. The highest BCUT2D eigenvalue weighted by Gasteiger charge is 2.39. The van der Waals surface area contributed by atoms with Crippen molar-refractivity contribution in [1.82, 2.24) is 20.4 Å². The van der Waals surface area contributed by atoms with Gasteiger partial charge in [0.25, 0.3) is 11.8 Å². The van der Waals surface area contributed by atoms with Crippen molar-refractivity contribution < 1.29 is 27.9 Å². The summed E-state index contributed by atoms with van der Waals surface area (Å²) in [4.78, 5) is 41.0. The first-order valence-electron chi connectivity index (χ1n) is 11.5. The zero-order valence-electron chi connectivity index (χ0n) is 19.0. The molecule has 11 heteroatoms. The third-order valence-electron chi connectivity index (χ3n) is 6.60. The van der Waals surface area contributed by atoms with Gasteiger partial charge in [0, 0.05) is 37.7 Å². The summed E-state index contributed by atoms with van der Waals surface area (Å²) < 4.78 is 31.6. The van der Waals surface area contributed by atoms with Gasteiger partial charge in [-0.05, 0) is 24.5 Å². The molecule has 1 aromatic carbocycles. The van der Waals surface area contributed by atoms with Gasteiger partial charge in [-0.3, -0.25) is 15.0 Å². The number of hydrogen-bond acceptors (Lipinski definition) is 5. The van der Waals surface area contributed by atoms with Gasteiger partial charge < -0.3 is 25.2 Å². The number of carbonyl (C=O) groups is 3. The monoisotopic (exact) mass is 477 g/mol. The molecule has 1 saturated heterocycles. The normalized spacial score (nSPS) is 22.9. The highest BCUT2D eigenvalue weighted by Crippen LogP contribution is 2.32. The second kappa shape index (κ2) is 9.65. The number of benzene rings is 1. The number of nitrogens with one attached hydrogen (secondary N) is 3. The fourth-order valence-corrected chi connectivity index (χ4v) is 4.71. The van der Waals surface area contributed by atoms with Crippen molar-refractivity contribution in [2.75, 3.05) is 26.3 Å². The Morgan fingerprint density at radius 3 is 2.59 bits per heavy atom. The second-order valence-electron chi connectivity index (χ2n) is 9.03. The molecule has 4 amide bonds. The Labute approximate surface area is 196 Å². The van der Waals surface area contributed by atoms with Gasteiger partial charge in [0.15, 0.2) is 0 Å². The molecule has 2 unspecified atom stereocenters. The number of amidine groups is 1. The average Bonchev–Trinajstić information content (AvgIpc) is 3.15. The molecule has 9 nitrogen and oxygen atoms in total. The van der Waals surface area contributed by atoms with E-state index >= 15 is 0 Å². The Hall–Kier alpha value is -3.08. The van der Waals surface area contributed by atoms with Gasteiger partial charge in [-0.25, -0.2) is 4.79 Å². The number of nitrogens with zero attached hydrogens (tertiary/aromatic N) is 2. The van der Waals surface area contributed by atoms with E-state index in [1.165, 1.54) is 12.1 Å². The van der Waals surface area contributed by atoms with Crippen molar-refractivity contribution in [2.45, 2.75) is 57.2 Å². The number of urea groups is 1. The summed E-state index contributed by atoms with van der Waals surface area (Å²) in [5.74, 6) is -5.91. The maximum absolute atomic E-state index is 13.3. The van der Waals surface area contributed by atoms with E-state index in [0.717, 1.165) is 31.2 Å². The number of morpholine rings is 1. The zero-order chi connectivity index (χ0) is 24.5. The highest BCUT2D eigenvalue weighted by atomic mass is 19.3. The minimum atomic E-state index is -3.61. The van der Waals surface area contributed by atoms with Crippen molar-refractivity contribution >= 4 is 23.7 Å². The highest BCUT2D eigenvalue weighted by molar-refractivity contribution is 6.09. The van der Waals surface area contributed by atoms with Crippen LogP contribution in [0, 0.1) is 5.41 Å². The van der Waals surface area contributed by atoms with E-state index in [-0.39, 0.29) is 29.6 Å². The lowest BCUT2D eigenvalue weighted by Crippen LogP contribution is -2.57. The summed E-state index contributed by atoms with van der Waals surface area (Å²) in [6, 6.07) is 4.18. The van der Waals surface area contributed by atoms with Crippen LogP contribution in [0.5, 0.6) is 0 Å². The van der Waals surface area contributed by atoms with E-state index in [2.05, 4.69) is 5.32 Å². The fourth-order valence-electron chi connectivity index (χ4n) is 4.71. The van der Waals surface area contributed by atoms with E-state index in [1.807, 2.05) is 5.32 Å². The summed E-state index contributed by atoms with van der Waals surface area (Å²) in [6.45, 7) is 2.91. The quantitative estimate of drug-likeness (QED) is 0.455. The molecule has 1 aromatic rings. The predicted molar refractivity (Wildman–Crippen MR) is 119 cm³/mol. The number of alkyl halides is 2. The number of hydrogen-bond donors (Lipinski definition) is 3. The Kier molecular flexibility index (Phi) is 6.83. The molecule has 2 fully saturated rings. The molecular weight excluding hydrogens is 448 g/mol. The lowest BCUT2D eigenvalue weighted by molar-refractivity contribution is -0.141. The molecule has 1 aliphatic carbocycles. The van der Waals surface area contributed by atoms with E-state index in [9.17, 15) is 23.2 Å². The average molecular weight is 478 g/mol. The van der Waals surface area contributed by atoms with Crippen LogP contribution in [0.15, 0.2) is 18.2 Å². The molecule has 3 N–H and O–H groups in total. The van der Waals surface area contributed by atoms with E-state index in [4.69, 9.17) is 10.1 Å². The molecule has 0 spiro atoms. The lowest BCUT2D eigenvalue weighted by Gasteiger charge is -2.39. The number of carbonyl (C=O) groups excluding carboxylic acids is 3. The summed E-state index contributed by atoms with van der Waals surface area (Å²) >= 11 is 0. The van der Waals surface area contributed by atoms with Crippen molar-refractivity contribution in [3.8, 4) is 0 Å². The van der Waals surface area contributed by atoms with Crippen LogP contribution in [0.3, 0.4) is 0 Å². The number of rotatable bonds is 4. The first-order valence-corrected chi connectivity index (χ1v) is 11.5. The van der Waals surface area contributed by atoms with Crippen LogP contribution in [0.4, 0.5) is 13.6 Å².